The third kappa shape index (κ3) is 2.52. The second-order valence-electron chi connectivity index (χ2n) is 4.14. The second-order valence-corrected chi connectivity index (χ2v) is 4.14. The Labute approximate surface area is 102 Å². The van der Waals surface area contributed by atoms with Gasteiger partial charge in [0, 0.05) is 31.0 Å². The predicted molar refractivity (Wildman–Crippen MR) is 72.7 cm³/mol. The van der Waals surface area contributed by atoms with Crippen molar-refractivity contribution in [3.05, 3.63) is 17.2 Å². The molecule has 0 aromatic carbocycles. The molecule has 1 aliphatic heterocycles. The van der Waals surface area contributed by atoms with Gasteiger partial charge in [-0.1, -0.05) is 6.92 Å². The molecule has 0 fully saturated rings. The molecule has 1 aromatic rings. The molecule has 0 bridgehead atoms. The number of fused-ring (bicyclic) bond motifs is 1. The number of pyridine rings is 1. The maximum atomic E-state index is 4.52. The monoisotopic (exact) mass is 230 g/mol. The van der Waals surface area contributed by atoms with E-state index in [4.69, 9.17) is 0 Å². The second kappa shape index (κ2) is 5.08. The first kappa shape index (κ1) is 11.8. The van der Waals surface area contributed by atoms with Crippen molar-refractivity contribution < 1.29 is 0 Å². The van der Waals surface area contributed by atoms with Crippen molar-refractivity contribution in [1.82, 2.24) is 4.98 Å². The van der Waals surface area contributed by atoms with Crippen LogP contribution in [0.2, 0.25) is 0 Å². The zero-order valence-corrected chi connectivity index (χ0v) is 10.6. The molecule has 90 valence electrons. The lowest BCUT2D eigenvalue weighted by Gasteiger charge is -2.15. The van der Waals surface area contributed by atoms with Gasteiger partial charge in [0.05, 0.1) is 6.54 Å². The molecule has 2 rings (SSSR count). The highest BCUT2D eigenvalue weighted by molar-refractivity contribution is 5.84. The lowest BCUT2D eigenvalue weighted by Crippen LogP contribution is -2.07. The van der Waals surface area contributed by atoms with Gasteiger partial charge in [-0.15, -0.1) is 0 Å². The first-order valence-corrected chi connectivity index (χ1v) is 5.97. The average molecular weight is 230 g/mol. The van der Waals surface area contributed by atoms with E-state index < -0.39 is 0 Å². The topological polar surface area (TPSA) is 49.6 Å². The summed E-state index contributed by atoms with van der Waals surface area (Å²) in [4.78, 5) is 13.3. The van der Waals surface area contributed by atoms with Gasteiger partial charge in [0.1, 0.15) is 5.82 Å². The van der Waals surface area contributed by atoms with Crippen LogP contribution < -0.4 is 5.32 Å². The lowest BCUT2D eigenvalue weighted by atomic mass is 10.0. The molecule has 2 heterocycles. The van der Waals surface area contributed by atoms with Crippen molar-refractivity contribution in [2.45, 2.75) is 33.2 Å². The molecule has 1 aromatic heterocycles. The molecular formula is C13H18N4. The number of nitrogens with zero attached hydrogens (tertiary/aromatic N) is 3. The van der Waals surface area contributed by atoms with Crippen LogP contribution in [0.15, 0.2) is 16.1 Å². The summed E-state index contributed by atoms with van der Waals surface area (Å²) in [6, 6.07) is 2.07. The number of nitrogens with one attached hydrogen (secondary N) is 1. The largest absolute Gasteiger partial charge is 0.373 e. The first-order chi connectivity index (χ1) is 8.24. The van der Waals surface area contributed by atoms with Crippen molar-refractivity contribution in [1.29, 1.82) is 0 Å². The van der Waals surface area contributed by atoms with Crippen LogP contribution in [0, 0.1) is 0 Å². The Hall–Kier alpha value is -1.71. The zero-order valence-electron chi connectivity index (χ0n) is 10.6. The number of aromatic nitrogens is 1. The van der Waals surface area contributed by atoms with Gasteiger partial charge >= 0.3 is 0 Å². The Morgan fingerprint density at radius 1 is 1.53 bits per heavy atom. The fourth-order valence-corrected chi connectivity index (χ4v) is 1.83. The molecule has 4 nitrogen and oxygen atoms in total. The molecule has 4 heteroatoms. The minimum absolute atomic E-state index is 0.718. The molecule has 1 N–H and O–H groups in total. The highest BCUT2D eigenvalue weighted by Gasteiger charge is 2.13. The molecule has 17 heavy (non-hydrogen) atoms. The standard InChI is InChI=1S/C13H18N4/c1-4-9(2)16-12-7-10-5-6-15-8-11(10)13(14-3)17-12/h6-7H,4-5,8H2,1-3H3,(H,14,17). The molecule has 0 amide bonds. The van der Waals surface area contributed by atoms with Crippen LogP contribution in [0.25, 0.3) is 0 Å². The van der Waals surface area contributed by atoms with E-state index in [-0.39, 0.29) is 0 Å². The molecule has 0 atom stereocenters. The van der Waals surface area contributed by atoms with Crippen LogP contribution in [-0.2, 0) is 13.0 Å². The summed E-state index contributed by atoms with van der Waals surface area (Å²) in [7, 11) is 1.89. The summed E-state index contributed by atoms with van der Waals surface area (Å²) in [6.07, 6.45) is 3.79. The van der Waals surface area contributed by atoms with Gasteiger partial charge in [-0.2, -0.15) is 0 Å². The molecule has 0 aliphatic carbocycles. The minimum Gasteiger partial charge on any atom is -0.373 e. The van der Waals surface area contributed by atoms with Gasteiger partial charge in [-0.3, -0.25) is 4.99 Å². The van der Waals surface area contributed by atoms with Gasteiger partial charge in [0.2, 0.25) is 0 Å². The van der Waals surface area contributed by atoms with E-state index in [9.17, 15) is 0 Å². The summed E-state index contributed by atoms with van der Waals surface area (Å²) in [6.45, 7) is 4.85. The fraction of sp³-hybridized carbons (Fsp3) is 0.462. The van der Waals surface area contributed by atoms with E-state index in [0.29, 0.717) is 0 Å². The lowest BCUT2D eigenvalue weighted by molar-refractivity contribution is 0.983. The third-order valence-corrected chi connectivity index (χ3v) is 2.95. The van der Waals surface area contributed by atoms with Crippen LogP contribution >= 0.6 is 0 Å². The minimum atomic E-state index is 0.718. The Kier molecular flexibility index (Phi) is 3.52. The first-order valence-electron chi connectivity index (χ1n) is 5.97. The van der Waals surface area contributed by atoms with Crippen LogP contribution in [0.5, 0.6) is 0 Å². The van der Waals surface area contributed by atoms with E-state index in [0.717, 1.165) is 36.7 Å². The Morgan fingerprint density at radius 2 is 2.35 bits per heavy atom. The predicted octanol–water partition coefficient (Wildman–Crippen LogP) is 2.75. The molecular weight excluding hydrogens is 212 g/mol. The van der Waals surface area contributed by atoms with Crippen LogP contribution in [0.4, 0.5) is 11.6 Å². The van der Waals surface area contributed by atoms with Gasteiger partial charge in [-0.05, 0) is 25.0 Å². The van der Waals surface area contributed by atoms with E-state index in [2.05, 4.69) is 33.3 Å². The number of aliphatic imine (C=N–C) groups is 2. The normalized spacial score (nSPS) is 14.6. The Balaban J connectivity index is 2.44. The van der Waals surface area contributed by atoms with E-state index in [1.54, 1.807) is 0 Å². The quantitative estimate of drug-likeness (QED) is 0.812. The van der Waals surface area contributed by atoms with Crippen molar-refractivity contribution in [2.24, 2.45) is 9.98 Å². The van der Waals surface area contributed by atoms with Crippen LogP contribution in [0.3, 0.4) is 0 Å². The molecule has 0 spiro atoms. The zero-order chi connectivity index (χ0) is 12.3. The Morgan fingerprint density at radius 3 is 3.06 bits per heavy atom. The highest BCUT2D eigenvalue weighted by Crippen LogP contribution is 2.26. The van der Waals surface area contributed by atoms with E-state index in [1.165, 1.54) is 11.1 Å². The smallest absolute Gasteiger partial charge is 0.154 e. The molecule has 1 aliphatic rings. The average Bonchev–Trinajstić information content (AvgIpc) is 2.37. The summed E-state index contributed by atoms with van der Waals surface area (Å²) in [5, 5.41) is 3.13. The summed E-state index contributed by atoms with van der Waals surface area (Å²) < 4.78 is 0. The third-order valence-electron chi connectivity index (χ3n) is 2.95. The van der Waals surface area contributed by atoms with Crippen LogP contribution in [-0.4, -0.2) is 24.0 Å². The maximum absolute atomic E-state index is 4.52. The fourth-order valence-electron chi connectivity index (χ4n) is 1.83. The molecule has 0 unspecified atom stereocenters. The molecule has 0 saturated heterocycles. The summed E-state index contributed by atoms with van der Waals surface area (Å²) >= 11 is 0. The van der Waals surface area contributed by atoms with Crippen molar-refractivity contribution in [2.75, 3.05) is 12.4 Å². The summed E-state index contributed by atoms with van der Waals surface area (Å²) in [5.41, 5.74) is 3.58. The van der Waals surface area contributed by atoms with Crippen molar-refractivity contribution >= 4 is 23.6 Å². The molecule has 0 radical (unpaired) electrons. The number of hydrogen-bond donors (Lipinski definition) is 1. The van der Waals surface area contributed by atoms with Crippen molar-refractivity contribution in [3.8, 4) is 0 Å². The van der Waals surface area contributed by atoms with Crippen molar-refractivity contribution in [3.63, 3.8) is 0 Å². The molecule has 0 saturated carbocycles. The maximum Gasteiger partial charge on any atom is 0.154 e. The highest BCUT2D eigenvalue weighted by atomic mass is 15.0. The number of anilines is 1. The SMILES string of the molecule is CCC(C)=Nc1cc2c(c(NC)n1)CN=CC2. The van der Waals surface area contributed by atoms with E-state index >= 15 is 0 Å². The van der Waals surface area contributed by atoms with E-state index in [1.807, 2.05) is 20.2 Å². The number of hydrogen-bond acceptors (Lipinski definition) is 4. The van der Waals surface area contributed by atoms with Gasteiger partial charge < -0.3 is 5.32 Å². The summed E-state index contributed by atoms with van der Waals surface area (Å²) in [5.74, 6) is 1.70. The Bertz CT molecular complexity index is 475. The number of rotatable bonds is 3. The van der Waals surface area contributed by atoms with Gasteiger partial charge in [-0.25, -0.2) is 9.98 Å². The van der Waals surface area contributed by atoms with Crippen LogP contribution in [0.1, 0.15) is 31.4 Å². The van der Waals surface area contributed by atoms with Gasteiger partial charge in [0.15, 0.2) is 5.82 Å². The van der Waals surface area contributed by atoms with Gasteiger partial charge in [0.25, 0.3) is 0 Å².